The quantitative estimate of drug-likeness (QED) is 0.798. The monoisotopic (exact) mass is 208 g/mol. The normalized spacial score (nSPS) is 26.1. The molecule has 4 nitrogen and oxygen atoms in total. The van der Waals surface area contributed by atoms with Gasteiger partial charge < -0.3 is 14.6 Å². The molecule has 2 rings (SSSR count). The van der Waals surface area contributed by atoms with Crippen molar-refractivity contribution in [3.05, 3.63) is 35.9 Å². The summed E-state index contributed by atoms with van der Waals surface area (Å²) in [7, 11) is 0. The molecule has 0 radical (unpaired) electrons. The van der Waals surface area contributed by atoms with Crippen molar-refractivity contribution in [2.24, 2.45) is 5.92 Å². The van der Waals surface area contributed by atoms with Crippen LogP contribution in [-0.2, 0) is 14.3 Å². The molecule has 2 atom stereocenters. The summed E-state index contributed by atoms with van der Waals surface area (Å²) in [6.07, 6.45) is -0.405. The predicted molar refractivity (Wildman–Crippen MR) is 52.2 cm³/mol. The molecule has 1 heterocycles. The average Bonchev–Trinajstić information content (AvgIpc) is 2.30. The molecule has 1 fully saturated rings. The van der Waals surface area contributed by atoms with Gasteiger partial charge in [-0.25, -0.2) is 0 Å². The molecule has 0 amide bonds. The van der Waals surface area contributed by atoms with Crippen LogP contribution in [0.3, 0.4) is 0 Å². The maximum absolute atomic E-state index is 11.0. The second-order valence-corrected chi connectivity index (χ2v) is 3.43. The van der Waals surface area contributed by atoms with Gasteiger partial charge in [-0.05, 0) is 5.56 Å². The molecular formula is C11H12O4. The number of rotatable bonds is 2. The number of aliphatic carboxylic acids is 1. The molecule has 1 saturated heterocycles. The Morgan fingerprint density at radius 3 is 2.73 bits per heavy atom. The summed E-state index contributed by atoms with van der Waals surface area (Å²) >= 11 is 0. The first kappa shape index (κ1) is 10.1. The molecule has 0 saturated carbocycles. The molecule has 0 bridgehead atoms. The van der Waals surface area contributed by atoms with Crippen LogP contribution in [-0.4, -0.2) is 24.5 Å². The van der Waals surface area contributed by atoms with Crippen LogP contribution in [0.5, 0.6) is 0 Å². The van der Waals surface area contributed by atoms with Gasteiger partial charge in [0.1, 0.15) is 18.8 Å². The van der Waals surface area contributed by atoms with E-state index in [1.54, 1.807) is 0 Å². The van der Waals surface area contributed by atoms with E-state index in [-0.39, 0.29) is 13.4 Å². The first-order valence-electron chi connectivity index (χ1n) is 4.76. The summed E-state index contributed by atoms with van der Waals surface area (Å²) in [5.74, 6) is -1.51. The van der Waals surface area contributed by atoms with Crippen molar-refractivity contribution in [1.82, 2.24) is 0 Å². The number of carboxylic acids is 1. The third-order valence-electron chi connectivity index (χ3n) is 2.44. The fraction of sp³-hybridized carbons (Fsp3) is 0.364. The lowest BCUT2D eigenvalue weighted by Gasteiger charge is -2.29. The summed E-state index contributed by atoms with van der Waals surface area (Å²) < 4.78 is 10.3. The highest BCUT2D eigenvalue weighted by Crippen LogP contribution is 2.29. The van der Waals surface area contributed by atoms with Crippen molar-refractivity contribution in [3.8, 4) is 0 Å². The van der Waals surface area contributed by atoms with Crippen molar-refractivity contribution < 1.29 is 19.4 Å². The molecule has 0 unspecified atom stereocenters. The van der Waals surface area contributed by atoms with Gasteiger partial charge in [0.05, 0.1) is 6.61 Å². The predicted octanol–water partition coefficient (Wildman–Crippen LogP) is 1.43. The Hall–Kier alpha value is -1.39. The van der Waals surface area contributed by atoms with Crippen LogP contribution in [0.2, 0.25) is 0 Å². The van der Waals surface area contributed by atoms with E-state index in [4.69, 9.17) is 14.6 Å². The Bertz CT molecular complexity index is 336. The maximum atomic E-state index is 11.0. The van der Waals surface area contributed by atoms with Crippen LogP contribution >= 0.6 is 0 Å². The second-order valence-electron chi connectivity index (χ2n) is 3.43. The third-order valence-corrected chi connectivity index (χ3v) is 2.44. The molecule has 80 valence electrons. The van der Waals surface area contributed by atoms with Gasteiger partial charge >= 0.3 is 5.97 Å². The Balaban J connectivity index is 2.22. The van der Waals surface area contributed by atoms with E-state index in [1.807, 2.05) is 30.3 Å². The van der Waals surface area contributed by atoms with Gasteiger partial charge in [-0.15, -0.1) is 0 Å². The number of ether oxygens (including phenoxy) is 2. The van der Waals surface area contributed by atoms with Gasteiger partial charge in [-0.3, -0.25) is 4.79 Å². The topological polar surface area (TPSA) is 55.8 Å². The minimum absolute atomic E-state index is 0.156. The standard InChI is InChI=1S/C11H12O4/c12-11(13)9-6-14-7-15-10(9)8-4-2-1-3-5-8/h1-5,9-10H,6-7H2,(H,12,13)/t9-,10+/m1/s1. The van der Waals surface area contributed by atoms with E-state index < -0.39 is 18.0 Å². The lowest BCUT2D eigenvalue weighted by Crippen LogP contribution is -2.33. The van der Waals surface area contributed by atoms with Crippen LogP contribution in [0.25, 0.3) is 0 Å². The highest BCUT2D eigenvalue weighted by Gasteiger charge is 2.33. The molecule has 15 heavy (non-hydrogen) atoms. The number of carboxylic acid groups (broad SMARTS) is 1. The minimum Gasteiger partial charge on any atom is -0.481 e. The molecule has 1 aromatic rings. The highest BCUT2D eigenvalue weighted by molar-refractivity contribution is 5.71. The molecule has 4 heteroatoms. The number of hydrogen-bond acceptors (Lipinski definition) is 3. The van der Waals surface area contributed by atoms with E-state index >= 15 is 0 Å². The fourth-order valence-corrected chi connectivity index (χ4v) is 1.67. The molecule has 1 aliphatic heterocycles. The Kier molecular flexibility index (Phi) is 2.99. The van der Waals surface area contributed by atoms with Gasteiger partial charge in [0.25, 0.3) is 0 Å². The number of hydrogen-bond donors (Lipinski definition) is 1. The van der Waals surface area contributed by atoms with E-state index in [9.17, 15) is 4.79 Å². The summed E-state index contributed by atoms with van der Waals surface area (Å²) in [5, 5.41) is 9.01. The van der Waals surface area contributed by atoms with Crippen molar-refractivity contribution in [2.45, 2.75) is 6.10 Å². The average molecular weight is 208 g/mol. The van der Waals surface area contributed by atoms with Crippen molar-refractivity contribution in [1.29, 1.82) is 0 Å². The molecule has 0 aromatic heterocycles. The molecule has 1 aliphatic rings. The fourth-order valence-electron chi connectivity index (χ4n) is 1.67. The van der Waals surface area contributed by atoms with E-state index in [0.29, 0.717) is 0 Å². The van der Waals surface area contributed by atoms with E-state index in [2.05, 4.69) is 0 Å². The largest absolute Gasteiger partial charge is 0.481 e. The summed E-state index contributed by atoms with van der Waals surface area (Å²) in [6, 6.07) is 9.36. The maximum Gasteiger partial charge on any atom is 0.311 e. The summed E-state index contributed by atoms with van der Waals surface area (Å²) in [6.45, 7) is 0.359. The van der Waals surface area contributed by atoms with Crippen LogP contribution in [0, 0.1) is 5.92 Å². The minimum atomic E-state index is -0.886. The zero-order chi connectivity index (χ0) is 10.7. The van der Waals surface area contributed by atoms with Gasteiger partial charge in [-0.1, -0.05) is 30.3 Å². The smallest absolute Gasteiger partial charge is 0.311 e. The van der Waals surface area contributed by atoms with Crippen molar-refractivity contribution in [2.75, 3.05) is 13.4 Å². The van der Waals surface area contributed by atoms with Crippen molar-refractivity contribution >= 4 is 5.97 Å². The van der Waals surface area contributed by atoms with E-state index in [1.165, 1.54) is 0 Å². The molecule has 1 aromatic carbocycles. The zero-order valence-electron chi connectivity index (χ0n) is 8.13. The van der Waals surface area contributed by atoms with Crippen LogP contribution in [0.15, 0.2) is 30.3 Å². The van der Waals surface area contributed by atoms with Crippen LogP contribution in [0.4, 0.5) is 0 Å². The van der Waals surface area contributed by atoms with Crippen LogP contribution in [0.1, 0.15) is 11.7 Å². The van der Waals surface area contributed by atoms with Crippen LogP contribution < -0.4 is 0 Å². The Morgan fingerprint density at radius 2 is 2.07 bits per heavy atom. The highest BCUT2D eigenvalue weighted by atomic mass is 16.7. The van der Waals surface area contributed by atoms with Gasteiger partial charge in [0.2, 0.25) is 0 Å². The third kappa shape index (κ3) is 2.16. The van der Waals surface area contributed by atoms with Crippen molar-refractivity contribution in [3.63, 3.8) is 0 Å². The van der Waals surface area contributed by atoms with Gasteiger partial charge in [0.15, 0.2) is 0 Å². The van der Waals surface area contributed by atoms with E-state index in [0.717, 1.165) is 5.56 Å². The second kappa shape index (κ2) is 4.42. The molecule has 0 spiro atoms. The Labute approximate surface area is 87.4 Å². The lowest BCUT2D eigenvalue weighted by molar-refractivity contribution is -0.190. The molecular weight excluding hydrogens is 196 g/mol. The van der Waals surface area contributed by atoms with Gasteiger partial charge in [-0.2, -0.15) is 0 Å². The Morgan fingerprint density at radius 1 is 1.33 bits per heavy atom. The first-order chi connectivity index (χ1) is 7.29. The molecule has 0 aliphatic carbocycles. The zero-order valence-corrected chi connectivity index (χ0v) is 8.13. The number of carbonyl (C=O) groups is 1. The molecule has 1 N–H and O–H groups in total. The van der Waals surface area contributed by atoms with Gasteiger partial charge in [0, 0.05) is 0 Å². The summed E-state index contributed by atoms with van der Waals surface area (Å²) in [4.78, 5) is 11.0. The SMILES string of the molecule is O=C(O)[C@@H]1COCO[C@H]1c1ccccc1. The first-order valence-corrected chi connectivity index (χ1v) is 4.76. The number of benzene rings is 1. The lowest BCUT2D eigenvalue weighted by atomic mass is 9.96. The summed E-state index contributed by atoms with van der Waals surface area (Å²) in [5.41, 5.74) is 0.883.